The third-order valence-corrected chi connectivity index (χ3v) is 2.51. The summed E-state index contributed by atoms with van der Waals surface area (Å²) in [5.74, 6) is 0. The molecule has 58 valence electrons. The first kappa shape index (κ1) is 6.62. The van der Waals surface area contributed by atoms with Gasteiger partial charge in [0.1, 0.15) is 0 Å². The summed E-state index contributed by atoms with van der Waals surface area (Å²) in [6.45, 7) is 2.12. The molecule has 2 aliphatic rings. The van der Waals surface area contributed by atoms with Crippen LogP contribution in [-0.2, 0) is 4.74 Å². The molecular weight excluding hydrogens is 126 g/mol. The molecule has 1 N–H and O–H groups in total. The minimum Gasteiger partial charge on any atom is -0.377 e. The van der Waals surface area contributed by atoms with Crippen LogP contribution in [0, 0.1) is 0 Å². The SMILES string of the molecule is C1CN[C@@H]2CCC[C@@H]2OC1. The van der Waals surface area contributed by atoms with E-state index < -0.39 is 0 Å². The first-order valence-electron chi connectivity index (χ1n) is 4.32. The fourth-order valence-electron chi connectivity index (χ4n) is 1.95. The molecule has 0 aromatic heterocycles. The Morgan fingerprint density at radius 3 is 3.20 bits per heavy atom. The van der Waals surface area contributed by atoms with Crippen LogP contribution < -0.4 is 5.32 Å². The molecule has 10 heavy (non-hydrogen) atoms. The molecule has 1 aliphatic heterocycles. The van der Waals surface area contributed by atoms with Crippen LogP contribution in [0.25, 0.3) is 0 Å². The van der Waals surface area contributed by atoms with Crippen molar-refractivity contribution in [1.29, 1.82) is 0 Å². The van der Waals surface area contributed by atoms with Crippen LogP contribution in [0.4, 0.5) is 0 Å². The van der Waals surface area contributed by atoms with Gasteiger partial charge in [0.15, 0.2) is 0 Å². The van der Waals surface area contributed by atoms with Crippen LogP contribution in [0.1, 0.15) is 25.7 Å². The van der Waals surface area contributed by atoms with Gasteiger partial charge >= 0.3 is 0 Å². The fourth-order valence-corrected chi connectivity index (χ4v) is 1.95. The molecule has 0 bridgehead atoms. The summed E-state index contributed by atoms with van der Waals surface area (Å²) < 4.78 is 5.66. The highest BCUT2D eigenvalue weighted by molar-refractivity contribution is 4.85. The minimum atomic E-state index is 0.544. The van der Waals surface area contributed by atoms with Crippen molar-refractivity contribution in [3.63, 3.8) is 0 Å². The number of hydrogen-bond donors (Lipinski definition) is 1. The summed E-state index contributed by atoms with van der Waals surface area (Å²) in [5, 5.41) is 3.52. The first-order valence-corrected chi connectivity index (χ1v) is 4.32. The number of nitrogens with one attached hydrogen (secondary N) is 1. The van der Waals surface area contributed by atoms with Crippen molar-refractivity contribution in [2.24, 2.45) is 0 Å². The molecule has 1 aliphatic carbocycles. The maximum absolute atomic E-state index is 5.66. The van der Waals surface area contributed by atoms with E-state index in [4.69, 9.17) is 4.74 Å². The summed E-state index contributed by atoms with van der Waals surface area (Å²) in [4.78, 5) is 0. The van der Waals surface area contributed by atoms with Crippen LogP contribution in [0.5, 0.6) is 0 Å². The average Bonchev–Trinajstić information content (AvgIpc) is 2.28. The van der Waals surface area contributed by atoms with Gasteiger partial charge in [0.05, 0.1) is 6.10 Å². The summed E-state index contributed by atoms with van der Waals surface area (Å²) in [6.07, 6.45) is 5.68. The maximum atomic E-state index is 5.66. The fraction of sp³-hybridized carbons (Fsp3) is 1.00. The van der Waals surface area contributed by atoms with Gasteiger partial charge in [0, 0.05) is 12.6 Å². The topological polar surface area (TPSA) is 21.3 Å². The standard InChI is InChI=1S/C8H15NO/c1-3-7-8(4-1)10-6-2-5-9-7/h7-9H,1-6H2/t7-,8+/m1/s1. The van der Waals surface area contributed by atoms with Crippen LogP contribution in [0.15, 0.2) is 0 Å². The smallest absolute Gasteiger partial charge is 0.0728 e. The summed E-state index contributed by atoms with van der Waals surface area (Å²) >= 11 is 0. The molecule has 0 amide bonds. The van der Waals surface area contributed by atoms with Gasteiger partial charge in [-0.05, 0) is 32.2 Å². The Hall–Kier alpha value is -0.0800. The van der Waals surface area contributed by atoms with E-state index in [1.807, 2.05) is 0 Å². The molecule has 1 heterocycles. The molecule has 1 saturated carbocycles. The molecule has 2 atom stereocenters. The maximum Gasteiger partial charge on any atom is 0.0728 e. The van der Waals surface area contributed by atoms with Gasteiger partial charge in [0.2, 0.25) is 0 Å². The van der Waals surface area contributed by atoms with Crippen LogP contribution >= 0.6 is 0 Å². The van der Waals surface area contributed by atoms with Crippen molar-refractivity contribution >= 4 is 0 Å². The Bertz CT molecular complexity index is 104. The van der Waals surface area contributed by atoms with Crippen molar-refractivity contribution < 1.29 is 4.74 Å². The molecular formula is C8H15NO. The quantitative estimate of drug-likeness (QED) is 0.541. The van der Waals surface area contributed by atoms with E-state index >= 15 is 0 Å². The molecule has 1 saturated heterocycles. The largest absolute Gasteiger partial charge is 0.377 e. The van der Waals surface area contributed by atoms with Crippen LogP contribution in [0.2, 0.25) is 0 Å². The van der Waals surface area contributed by atoms with Gasteiger partial charge in [-0.25, -0.2) is 0 Å². The van der Waals surface area contributed by atoms with E-state index in [0.717, 1.165) is 13.2 Å². The molecule has 0 aromatic carbocycles. The lowest BCUT2D eigenvalue weighted by Gasteiger charge is -2.16. The normalized spacial score (nSPS) is 40.8. The second-order valence-electron chi connectivity index (χ2n) is 3.25. The summed E-state index contributed by atoms with van der Waals surface area (Å²) in [5.41, 5.74) is 0. The number of ether oxygens (including phenoxy) is 1. The molecule has 2 rings (SSSR count). The van der Waals surface area contributed by atoms with Crippen molar-refractivity contribution in [1.82, 2.24) is 5.32 Å². The lowest BCUT2D eigenvalue weighted by Crippen LogP contribution is -2.34. The third kappa shape index (κ3) is 1.18. The average molecular weight is 141 g/mol. The third-order valence-electron chi connectivity index (χ3n) is 2.51. The van der Waals surface area contributed by atoms with E-state index in [9.17, 15) is 0 Å². The Labute approximate surface area is 61.9 Å². The number of rotatable bonds is 0. The highest BCUT2D eigenvalue weighted by Crippen LogP contribution is 2.23. The Balaban J connectivity index is 1.95. The summed E-state index contributed by atoms with van der Waals surface area (Å²) in [6, 6.07) is 0.683. The molecule has 0 radical (unpaired) electrons. The Kier molecular flexibility index (Phi) is 1.91. The lowest BCUT2D eigenvalue weighted by atomic mass is 10.2. The zero-order chi connectivity index (χ0) is 6.81. The Morgan fingerprint density at radius 1 is 1.20 bits per heavy atom. The van der Waals surface area contributed by atoms with Crippen LogP contribution in [0.3, 0.4) is 0 Å². The summed E-state index contributed by atoms with van der Waals surface area (Å²) in [7, 11) is 0. The van der Waals surface area contributed by atoms with Gasteiger partial charge in [-0.3, -0.25) is 0 Å². The van der Waals surface area contributed by atoms with Gasteiger partial charge in [-0.15, -0.1) is 0 Å². The van der Waals surface area contributed by atoms with E-state index in [-0.39, 0.29) is 0 Å². The van der Waals surface area contributed by atoms with Gasteiger partial charge in [-0.1, -0.05) is 0 Å². The van der Waals surface area contributed by atoms with Crippen molar-refractivity contribution in [3.8, 4) is 0 Å². The van der Waals surface area contributed by atoms with Crippen LogP contribution in [-0.4, -0.2) is 25.3 Å². The first-order chi connectivity index (χ1) is 4.97. The molecule has 0 aromatic rings. The molecule has 2 heteroatoms. The molecule has 0 unspecified atom stereocenters. The zero-order valence-corrected chi connectivity index (χ0v) is 6.31. The monoisotopic (exact) mass is 141 g/mol. The van der Waals surface area contributed by atoms with Gasteiger partial charge in [-0.2, -0.15) is 0 Å². The van der Waals surface area contributed by atoms with E-state index in [1.54, 1.807) is 0 Å². The van der Waals surface area contributed by atoms with Gasteiger partial charge < -0.3 is 10.1 Å². The molecule has 2 nitrogen and oxygen atoms in total. The van der Waals surface area contributed by atoms with Crippen molar-refractivity contribution in [2.45, 2.75) is 37.8 Å². The molecule has 2 fully saturated rings. The minimum absolute atomic E-state index is 0.544. The van der Waals surface area contributed by atoms with E-state index in [2.05, 4.69) is 5.32 Å². The second-order valence-corrected chi connectivity index (χ2v) is 3.25. The predicted molar refractivity (Wildman–Crippen MR) is 40.0 cm³/mol. The van der Waals surface area contributed by atoms with Gasteiger partial charge in [0.25, 0.3) is 0 Å². The second kappa shape index (κ2) is 2.89. The zero-order valence-electron chi connectivity index (χ0n) is 6.31. The Morgan fingerprint density at radius 2 is 2.20 bits per heavy atom. The lowest BCUT2D eigenvalue weighted by molar-refractivity contribution is 0.0562. The highest BCUT2D eigenvalue weighted by Gasteiger charge is 2.28. The van der Waals surface area contributed by atoms with Crippen molar-refractivity contribution in [3.05, 3.63) is 0 Å². The van der Waals surface area contributed by atoms with E-state index in [1.165, 1.54) is 25.7 Å². The number of fused-ring (bicyclic) bond motifs is 1. The predicted octanol–water partition coefficient (Wildman–Crippen LogP) is 0.917. The number of hydrogen-bond acceptors (Lipinski definition) is 2. The highest BCUT2D eigenvalue weighted by atomic mass is 16.5. The van der Waals surface area contributed by atoms with Crippen molar-refractivity contribution in [2.75, 3.05) is 13.2 Å². The van der Waals surface area contributed by atoms with E-state index in [0.29, 0.717) is 12.1 Å². The molecule has 0 spiro atoms.